The zero-order valence-corrected chi connectivity index (χ0v) is 22.3. The number of ether oxygens (including phenoxy) is 1. The lowest BCUT2D eigenvalue weighted by atomic mass is 10.0. The van der Waals surface area contributed by atoms with Crippen molar-refractivity contribution in [3.63, 3.8) is 0 Å². The first-order valence-electron chi connectivity index (χ1n) is 12.5. The molecule has 11 heteroatoms. The lowest BCUT2D eigenvalue weighted by molar-refractivity contribution is 0.0122. The molecule has 1 N–H and O–H groups in total. The van der Waals surface area contributed by atoms with Crippen molar-refractivity contribution in [2.75, 3.05) is 11.4 Å². The van der Waals surface area contributed by atoms with Crippen LogP contribution in [0.3, 0.4) is 0 Å². The smallest absolute Gasteiger partial charge is 0.335 e. The van der Waals surface area contributed by atoms with E-state index in [4.69, 9.17) is 32.5 Å². The van der Waals surface area contributed by atoms with Crippen molar-refractivity contribution >= 4 is 55.9 Å². The van der Waals surface area contributed by atoms with Gasteiger partial charge in [-0.3, -0.25) is 0 Å². The van der Waals surface area contributed by atoms with E-state index in [-0.39, 0.29) is 23.2 Å². The van der Waals surface area contributed by atoms with Crippen LogP contribution in [0, 0.1) is 11.7 Å². The molecule has 7 rings (SSSR count). The first-order chi connectivity index (χ1) is 18.4. The average Bonchev–Trinajstić information content (AvgIpc) is 3.22. The summed E-state index contributed by atoms with van der Waals surface area (Å²) in [6.45, 7) is 1.12. The number of nitrogens with zero attached hydrogens (tertiary/aromatic N) is 3. The molecule has 2 aromatic carbocycles. The fourth-order valence-corrected chi connectivity index (χ4v) is 7.48. The molecular weight excluding hydrogens is 552 g/mol. The lowest BCUT2D eigenvalue weighted by Crippen LogP contribution is -2.38. The Bertz CT molecular complexity index is 1570. The summed E-state index contributed by atoms with van der Waals surface area (Å²) in [4.78, 5) is 18.0. The molecule has 2 aliphatic carbocycles. The number of halogens is 3. The van der Waals surface area contributed by atoms with Crippen LogP contribution in [0.5, 0.6) is 0 Å². The maximum Gasteiger partial charge on any atom is 0.335 e. The number of aromatic carboxylic acids is 1. The van der Waals surface area contributed by atoms with Crippen LogP contribution in [-0.4, -0.2) is 39.9 Å². The van der Waals surface area contributed by atoms with Crippen LogP contribution >= 0.6 is 34.5 Å². The number of anilines is 1. The third-order valence-corrected chi connectivity index (χ3v) is 9.48. The molecule has 2 aromatic heterocycles. The van der Waals surface area contributed by atoms with E-state index in [1.165, 1.54) is 17.4 Å². The van der Waals surface area contributed by atoms with Gasteiger partial charge in [-0.1, -0.05) is 45.8 Å². The van der Waals surface area contributed by atoms with Gasteiger partial charge in [-0.15, -0.1) is 0 Å². The first kappa shape index (κ1) is 24.3. The van der Waals surface area contributed by atoms with Gasteiger partial charge < -0.3 is 19.3 Å². The number of benzene rings is 2. The lowest BCUT2D eigenvalue weighted by Gasteiger charge is -2.31. The molecule has 0 amide bonds. The van der Waals surface area contributed by atoms with Crippen molar-refractivity contribution in [1.82, 2.24) is 10.1 Å². The molecule has 2 saturated carbocycles. The number of hydrogen-bond acceptors (Lipinski definition) is 7. The van der Waals surface area contributed by atoms with Crippen molar-refractivity contribution in [3.05, 3.63) is 63.1 Å². The molecule has 1 aliphatic heterocycles. The van der Waals surface area contributed by atoms with Gasteiger partial charge in [0.15, 0.2) is 10.9 Å². The summed E-state index contributed by atoms with van der Waals surface area (Å²) in [5, 5.41) is 15.4. The molecule has 0 unspecified atom stereocenters. The molecule has 3 fully saturated rings. The van der Waals surface area contributed by atoms with E-state index in [1.807, 2.05) is 0 Å². The Morgan fingerprint density at radius 1 is 1.24 bits per heavy atom. The van der Waals surface area contributed by atoms with Crippen molar-refractivity contribution in [3.8, 4) is 11.3 Å². The van der Waals surface area contributed by atoms with E-state index < -0.39 is 11.8 Å². The Morgan fingerprint density at radius 3 is 2.71 bits per heavy atom. The van der Waals surface area contributed by atoms with Crippen molar-refractivity contribution in [2.24, 2.45) is 5.92 Å². The average molecular weight is 574 g/mol. The summed E-state index contributed by atoms with van der Waals surface area (Å²) >= 11 is 14.3. The second kappa shape index (κ2) is 9.19. The molecule has 3 atom stereocenters. The Hall–Kier alpha value is -2.72. The maximum atomic E-state index is 14.5. The molecule has 38 heavy (non-hydrogen) atoms. The number of carbonyl (C=O) groups is 1. The second-order valence-electron chi connectivity index (χ2n) is 10.2. The fraction of sp³-hybridized carbons (Fsp3) is 0.370. The Balaban J connectivity index is 1.09. The monoisotopic (exact) mass is 573 g/mol. The molecular formula is C27H22Cl2FN3O4S. The summed E-state index contributed by atoms with van der Waals surface area (Å²) in [5.41, 5.74) is 2.37. The normalized spacial score (nSPS) is 22.6. The first-order valence-corrected chi connectivity index (χ1v) is 14.1. The van der Waals surface area contributed by atoms with Crippen LogP contribution in [-0.2, 0) is 11.3 Å². The Labute approximate surface area is 231 Å². The minimum Gasteiger partial charge on any atom is -0.478 e. The van der Waals surface area contributed by atoms with Gasteiger partial charge in [0.05, 0.1) is 33.0 Å². The van der Waals surface area contributed by atoms with Gasteiger partial charge in [-0.25, -0.2) is 14.2 Å². The largest absolute Gasteiger partial charge is 0.478 e. The maximum absolute atomic E-state index is 14.5. The third-order valence-electron chi connectivity index (χ3n) is 7.81. The number of aromatic nitrogens is 2. The van der Waals surface area contributed by atoms with Gasteiger partial charge in [0.2, 0.25) is 0 Å². The zero-order valence-electron chi connectivity index (χ0n) is 20.0. The minimum absolute atomic E-state index is 0.0671. The number of fused-ring (bicyclic) bond motifs is 3. The third kappa shape index (κ3) is 4.07. The van der Waals surface area contributed by atoms with Crippen molar-refractivity contribution in [1.29, 1.82) is 0 Å². The summed E-state index contributed by atoms with van der Waals surface area (Å²) in [7, 11) is 0. The quantitative estimate of drug-likeness (QED) is 0.251. The highest BCUT2D eigenvalue weighted by atomic mass is 35.5. The summed E-state index contributed by atoms with van der Waals surface area (Å²) < 4.78 is 27.3. The molecule has 1 saturated heterocycles. The van der Waals surface area contributed by atoms with E-state index in [0.29, 0.717) is 44.4 Å². The van der Waals surface area contributed by atoms with Crippen molar-refractivity contribution in [2.45, 2.75) is 50.4 Å². The standard InChI is InChI=1S/C27H22Cl2FN3O4S/c28-17-2-1-3-18(29)22(17)23-16(25(37-32-23)12-4-5-12)11-36-20-9-15-6-14(20)10-33(15)27-31-24-19(30)7-13(26(34)35)8-21(24)38-27/h1-3,7-8,12,14-15,20H,4-6,9-11H2,(H,34,35)/t14-,15-,20+/m1/s1. The van der Waals surface area contributed by atoms with Gasteiger partial charge in [-0.2, -0.15) is 0 Å². The molecule has 2 bridgehead atoms. The van der Waals surface area contributed by atoms with E-state index in [0.717, 1.165) is 54.7 Å². The van der Waals surface area contributed by atoms with Gasteiger partial charge >= 0.3 is 5.97 Å². The van der Waals surface area contributed by atoms with E-state index >= 15 is 0 Å². The number of rotatable bonds is 7. The van der Waals surface area contributed by atoms with Crippen LogP contribution in [0.25, 0.3) is 21.5 Å². The molecule has 0 spiro atoms. The van der Waals surface area contributed by atoms with Gasteiger partial charge in [0.25, 0.3) is 0 Å². The highest BCUT2D eigenvalue weighted by molar-refractivity contribution is 7.22. The summed E-state index contributed by atoms with van der Waals surface area (Å²) in [6.07, 6.45) is 3.99. The molecule has 7 nitrogen and oxygen atoms in total. The summed E-state index contributed by atoms with van der Waals surface area (Å²) in [6, 6.07) is 8.13. The van der Waals surface area contributed by atoms with Crippen LogP contribution in [0.4, 0.5) is 9.52 Å². The van der Waals surface area contributed by atoms with Gasteiger partial charge in [0.1, 0.15) is 17.0 Å². The minimum atomic E-state index is -1.15. The number of piperidine rings is 1. The fourth-order valence-electron chi connectivity index (χ4n) is 5.81. The predicted octanol–water partition coefficient (Wildman–Crippen LogP) is 7.16. The van der Waals surface area contributed by atoms with Gasteiger partial charge in [0, 0.05) is 35.5 Å². The van der Waals surface area contributed by atoms with Crippen LogP contribution in [0.1, 0.15) is 53.3 Å². The van der Waals surface area contributed by atoms with Crippen LogP contribution in [0.15, 0.2) is 34.9 Å². The number of hydrogen-bond donors (Lipinski definition) is 1. The zero-order chi connectivity index (χ0) is 26.1. The molecule has 0 radical (unpaired) electrons. The van der Waals surface area contributed by atoms with Crippen molar-refractivity contribution < 1.29 is 23.6 Å². The summed E-state index contributed by atoms with van der Waals surface area (Å²) in [5.74, 6) is -0.241. The van der Waals surface area contributed by atoms with Crippen LogP contribution in [0.2, 0.25) is 10.0 Å². The predicted molar refractivity (Wildman–Crippen MR) is 143 cm³/mol. The number of thiazole rings is 1. The molecule has 4 aromatic rings. The number of carboxylic acid groups (broad SMARTS) is 1. The molecule has 3 aliphatic rings. The second-order valence-corrected chi connectivity index (χ2v) is 12.1. The van der Waals surface area contributed by atoms with Crippen LogP contribution < -0.4 is 4.90 Å². The van der Waals surface area contributed by atoms with Gasteiger partial charge in [-0.05, 0) is 49.9 Å². The topological polar surface area (TPSA) is 88.7 Å². The molecule has 3 heterocycles. The number of carboxylic acids is 1. The SMILES string of the molecule is O=C(O)c1cc(F)c2nc(N3C[C@H]4C[C@@H]3C[C@@H]4OCc3c(-c4c(Cl)cccc4Cl)noc3C3CC3)sc2c1. The van der Waals surface area contributed by atoms with E-state index in [2.05, 4.69) is 15.0 Å². The Morgan fingerprint density at radius 2 is 2.03 bits per heavy atom. The Kier molecular flexibility index (Phi) is 5.88. The highest BCUT2D eigenvalue weighted by Crippen LogP contribution is 2.48. The van der Waals surface area contributed by atoms with E-state index in [9.17, 15) is 14.3 Å². The molecule has 196 valence electrons. The highest BCUT2D eigenvalue weighted by Gasteiger charge is 2.46. The van der Waals surface area contributed by atoms with E-state index in [1.54, 1.807) is 18.2 Å².